The number of aromatic hydroxyl groups is 1. The number of hydrogen-bond donors (Lipinski definition) is 3. The molecule has 0 saturated carbocycles. The third kappa shape index (κ3) is 3.33. The molecule has 20 heavy (non-hydrogen) atoms. The number of rotatable bonds is 5. The fraction of sp³-hybridized carbons (Fsp3) is 0.200. The van der Waals surface area contributed by atoms with Gasteiger partial charge in [-0.15, -0.1) is 0 Å². The maximum Gasteiger partial charge on any atom is 0.325 e. The van der Waals surface area contributed by atoms with E-state index in [1.54, 1.807) is 24.5 Å². The van der Waals surface area contributed by atoms with Gasteiger partial charge in [-0.1, -0.05) is 17.7 Å². The summed E-state index contributed by atoms with van der Waals surface area (Å²) in [7, 11) is 0. The first-order valence-electron chi connectivity index (χ1n) is 6.22. The number of nitrogens with one attached hydrogen (secondary N) is 1. The van der Waals surface area contributed by atoms with E-state index in [9.17, 15) is 15.0 Å². The first-order valence-corrected chi connectivity index (χ1v) is 6.22. The lowest BCUT2D eigenvalue weighted by Crippen LogP contribution is -2.28. The Hall–Kier alpha value is -2.40. The third-order valence-corrected chi connectivity index (χ3v) is 3.00. The van der Waals surface area contributed by atoms with E-state index in [-0.39, 0.29) is 5.75 Å². The van der Waals surface area contributed by atoms with E-state index in [1.165, 1.54) is 6.07 Å². The molecule has 1 aromatic carbocycles. The van der Waals surface area contributed by atoms with Gasteiger partial charge in [0.25, 0.3) is 0 Å². The maximum absolute atomic E-state index is 11.4. The van der Waals surface area contributed by atoms with Crippen LogP contribution in [-0.2, 0) is 11.3 Å². The minimum Gasteiger partial charge on any atom is -0.508 e. The number of aromatic nitrogens is 1. The molecular formula is C15H16N2O3. The summed E-state index contributed by atoms with van der Waals surface area (Å²) in [6.07, 6.45) is 3.30. The van der Waals surface area contributed by atoms with Crippen LogP contribution in [0, 0.1) is 6.92 Å². The van der Waals surface area contributed by atoms with Gasteiger partial charge >= 0.3 is 5.97 Å². The second-order valence-corrected chi connectivity index (χ2v) is 4.57. The average molecular weight is 272 g/mol. The highest BCUT2D eigenvalue weighted by Gasteiger charge is 2.22. The van der Waals surface area contributed by atoms with Crippen LogP contribution < -0.4 is 5.32 Å². The van der Waals surface area contributed by atoms with Crippen LogP contribution in [0.5, 0.6) is 5.75 Å². The van der Waals surface area contributed by atoms with Crippen molar-refractivity contribution in [3.8, 4) is 5.75 Å². The number of benzene rings is 1. The van der Waals surface area contributed by atoms with E-state index >= 15 is 0 Å². The zero-order valence-electron chi connectivity index (χ0n) is 11.1. The molecule has 3 N–H and O–H groups in total. The number of aliphatic carboxylic acids is 1. The van der Waals surface area contributed by atoms with Crippen molar-refractivity contribution in [1.29, 1.82) is 0 Å². The highest BCUT2D eigenvalue weighted by Crippen LogP contribution is 2.25. The van der Waals surface area contributed by atoms with Crippen molar-refractivity contribution in [3.63, 3.8) is 0 Å². The van der Waals surface area contributed by atoms with Crippen molar-refractivity contribution in [2.45, 2.75) is 19.5 Å². The fourth-order valence-corrected chi connectivity index (χ4v) is 1.96. The lowest BCUT2D eigenvalue weighted by Gasteiger charge is -2.16. The molecule has 0 aliphatic heterocycles. The standard InChI is InChI=1S/C15H16N2O3/c1-10-2-3-13(18)12(8-10)14(15(19)20)17-9-11-4-6-16-7-5-11/h2-8,14,17-18H,9H2,1H3,(H,19,20). The zero-order chi connectivity index (χ0) is 14.5. The monoisotopic (exact) mass is 272 g/mol. The maximum atomic E-state index is 11.4. The number of pyridine rings is 1. The predicted molar refractivity (Wildman–Crippen MR) is 74.3 cm³/mol. The van der Waals surface area contributed by atoms with Crippen LogP contribution in [-0.4, -0.2) is 21.2 Å². The second kappa shape index (κ2) is 6.16. The molecule has 1 atom stereocenters. The van der Waals surface area contributed by atoms with Gasteiger partial charge in [-0.3, -0.25) is 15.1 Å². The summed E-state index contributed by atoms with van der Waals surface area (Å²) >= 11 is 0. The molecule has 1 unspecified atom stereocenters. The molecular weight excluding hydrogens is 256 g/mol. The molecule has 0 aliphatic rings. The number of hydrogen-bond acceptors (Lipinski definition) is 4. The molecule has 2 rings (SSSR count). The van der Waals surface area contributed by atoms with Gasteiger partial charge in [0.2, 0.25) is 0 Å². The highest BCUT2D eigenvalue weighted by molar-refractivity contribution is 5.76. The average Bonchev–Trinajstić information content (AvgIpc) is 2.43. The molecule has 0 fully saturated rings. The normalized spacial score (nSPS) is 12.1. The van der Waals surface area contributed by atoms with Gasteiger partial charge in [0.05, 0.1) is 0 Å². The summed E-state index contributed by atoms with van der Waals surface area (Å²) in [5, 5.41) is 22.1. The molecule has 0 spiro atoms. The minimum atomic E-state index is -1.03. The van der Waals surface area contributed by atoms with Crippen molar-refractivity contribution in [3.05, 3.63) is 59.4 Å². The molecule has 1 aromatic heterocycles. The summed E-state index contributed by atoms with van der Waals surface area (Å²) in [6, 6.07) is 7.58. The number of nitrogens with zero attached hydrogens (tertiary/aromatic N) is 1. The van der Waals surface area contributed by atoms with E-state index in [0.717, 1.165) is 11.1 Å². The van der Waals surface area contributed by atoms with Crippen molar-refractivity contribution < 1.29 is 15.0 Å². The molecule has 1 heterocycles. The summed E-state index contributed by atoms with van der Waals surface area (Å²) in [6.45, 7) is 2.23. The number of carboxylic acids is 1. The Morgan fingerprint density at radius 3 is 2.65 bits per heavy atom. The van der Waals surface area contributed by atoms with E-state index in [1.807, 2.05) is 19.1 Å². The quantitative estimate of drug-likeness (QED) is 0.775. The van der Waals surface area contributed by atoms with Gasteiger partial charge < -0.3 is 10.2 Å². The minimum absolute atomic E-state index is 0.0229. The smallest absolute Gasteiger partial charge is 0.325 e. The van der Waals surface area contributed by atoms with Crippen LogP contribution in [0.1, 0.15) is 22.7 Å². The van der Waals surface area contributed by atoms with Crippen LogP contribution in [0.3, 0.4) is 0 Å². The Bertz CT molecular complexity index is 599. The Morgan fingerprint density at radius 1 is 1.30 bits per heavy atom. The number of carboxylic acid groups (broad SMARTS) is 1. The molecule has 0 radical (unpaired) electrons. The molecule has 5 nitrogen and oxygen atoms in total. The van der Waals surface area contributed by atoms with Crippen LogP contribution in [0.4, 0.5) is 0 Å². The van der Waals surface area contributed by atoms with Gasteiger partial charge in [0.1, 0.15) is 11.8 Å². The Morgan fingerprint density at radius 2 is 2.00 bits per heavy atom. The topological polar surface area (TPSA) is 82.5 Å². The lowest BCUT2D eigenvalue weighted by molar-refractivity contribution is -0.139. The summed E-state index contributed by atoms with van der Waals surface area (Å²) in [5.74, 6) is -1.05. The van der Waals surface area contributed by atoms with Gasteiger partial charge in [0.15, 0.2) is 0 Å². The van der Waals surface area contributed by atoms with Gasteiger partial charge in [-0.05, 0) is 30.7 Å². The highest BCUT2D eigenvalue weighted by atomic mass is 16.4. The molecule has 0 saturated heterocycles. The van der Waals surface area contributed by atoms with Crippen molar-refractivity contribution >= 4 is 5.97 Å². The van der Waals surface area contributed by atoms with Crippen LogP contribution in [0.15, 0.2) is 42.7 Å². The fourth-order valence-electron chi connectivity index (χ4n) is 1.96. The van der Waals surface area contributed by atoms with E-state index in [4.69, 9.17) is 0 Å². The van der Waals surface area contributed by atoms with Crippen molar-refractivity contribution in [1.82, 2.24) is 10.3 Å². The van der Waals surface area contributed by atoms with E-state index in [2.05, 4.69) is 10.3 Å². The molecule has 104 valence electrons. The SMILES string of the molecule is Cc1ccc(O)c(C(NCc2ccncc2)C(=O)O)c1. The zero-order valence-corrected chi connectivity index (χ0v) is 11.1. The van der Waals surface area contributed by atoms with Gasteiger partial charge in [0, 0.05) is 24.5 Å². The largest absolute Gasteiger partial charge is 0.508 e. The second-order valence-electron chi connectivity index (χ2n) is 4.57. The molecule has 2 aromatic rings. The summed E-state index contributed by atoms with van der Waals surface area (Å²) < 4.78 is 0. The van der Waals surface area contributed by atoms with Crippen LogP contribution >= 0.6 is 0 Å². The third-order valence-electron chi connectivity index (χ3n) is 3.00. The van der Waals surface area contributed by atoms with E-state index in [0.29, 0.717) is 12.1 Å². The first-order chi connectivity index (χ1) is 9.58. The van der Waals surface area contributed by atoms with E-state index < -0.39 is 12.0 Å². The van der Waals surface area contributed by atoms with Crippen molar-refractivity contribution in [2.24, 2.45) is 0 Å². The van der Waals surface area contributed by atoms with Crippen molar-refractivity contribution in [2.75, 3.05) is 0 Å². The number of phenols is 1. The number of carbonyl (C=O) groups is 1. The van der Waals surface area contributed by atoms with Gasteiger partial charge in [-0.25, -0.2) is 0 Å². The summed E-state index contributed by atoms with van der Waals surface area (Å²) in [5.41, 5.74) is 2.19. The molecule has 0 amide bonds. The number of phenolic OH excluding ortho intramolecular Hbond substituents is 1. The predicted octanol–water partition coefficient (Wildman–Crippen LogP) is 2.01. The Kier molecular flexibility index (Phi) is 4.32. The number of aryl methyl sites for hydroxylation is 1. The Labute approximate surface area is 116 Å². The van der Waals surface area contributed by atoms with Gasteiger partial charge in [-0.2, -0.15) is 0 Å². The first kappa shape index (κ1) is 14.0. The molecule has 0 aliphatic carbocycles. The van der Waals surface area contributed by atoms with Crippen LogP contribution in [0.2, 0.25) is 0 Å². The lowest BCUT2D eigenvalue weighted by atomic mass is 10.0. The molecule has 5 heteroatoms. The molecule has 0 bridgehead atoms. The Balaban J connectivity index is 2.19. The summed E-state index contributed by atoms with van der Waals surface area (Å²) in [4.78, 5) is 15.3. The van der Waals surface area contributed by atoms with Crippen LogP contribution in [0.25, 0.3) is 0 Å².